The molecule has 88 valence electrons. The highest BCUT2D eigenvalue weighted by Gasteiger charge is 2.09. The summed E-state index contributed by atoms with van der Waals surface area (Å²) in [7, 11) is 2.01. The van der Waals surface area contributed by atoms with Gasteiger partial charge in [0.25, 0.3) is 0 Å². The number of allylic oxidation sites excluding steroid dienone is 2. The Kier molecular flexibility index (Phi) is 3.78. The molecule has 1 N–H and O–H groups in total. The molecule has 1 aromatic heterocycles. The second-order valence-corrected chi connectivity index (χ2v) is 4.68. The Bertz CT molecular complexity index is 365. The van der Waals surface area contributed by atoms with Crippen LogP contribution >= 0.6 is 0 Å². The predicted molar refractivity (Wildman–Crippen MR) is 66.1 cm³/mol. The van der Waals surface area contributed by atoms with E-state index in [4.69, 9.17) is 0 Å². The molecule has 1 aliphatic rings. The van der Waals surface area contributed by atoms with Gasteiger partial charge in [0.05, 0.1) is 11.4 Å². The van der Waals surface area contributed by atoms with Gasteiger partial charge in [0.15, 0.2) is 0 Å². The first-order chi connectivity index (χ1) is 7.75. The van der Waals surface area contributed by atoms with E-state index in [-0.39, 0.29) is 0 Å². The summed E-state index contributed by atoms with van der Waals surface area (Å²) in [4.78, 5) is 0. The number of aryl methyl sites for hydroxylation is 2. The first-order valence-corrected chi connectivity index (χ1v) is 6.11. The third-order valence-electron chi connectivity index (χ3n) is 3.22. The molecule has 16 heavy (non-hydrogen) atoms. The normalized spacial score (nSPS) is 20.2. The summed E-state index contributed by atoms with van der Waals surface area (Å²) >= 11 is 0. The summed E-state index contributed by atoms with van der Waals surface area (Å²) in [6.07, 6.45) is 8.41. The third kappa shape index (κ3) is 2.95. The fourth-order valence-electron chi connectivity index (χ4n) is 2.28. The molecule has 0 fully saturated rings. The van der Waals surface area contributed by atoms with E-state index in [0.717, 1.165) is 24.7 Å². The van der Waals surface area contributed by atoms with Crippen LogP contribution in [0.25, 0.3) is 0 Å². The number of hydrogen-bond acceptors (Lipinski definition) is 2. The van der Waals surface area contributed by atoms with Crippen LogP contribution in [0.3, 0.4) is 0 Å². The second-order valence-electron chi connectivity index (χ2n) is 4.68. The summed E-state index contributed by atoms with van der Waals surface area (Å²) in [5.74, 6) is 0.819. The van der Waals surface area contributed by atoms with E-state index in [2.05, 4.69) is 28.6 Å². The van der Waals surface area contributed by atoms with Crippen molar-refractivity contribution in [2.24, 2.45) is 13.0 Å². The summed E-state index contributed by atoms with van der Waals surface area (Å²) in [6.45, 7) is 4.08. The van der Waals surface area contributed by atoms with E-state index in [1.165, 1.54) is 25.0 Å². The van der Waals surface area contributed by atoms with Crippen molar-refractivity contribution < 1.29 is 0 Å². The van der Waals surface area contributed by atoms with Crippen molar-refractivity contribution in [3.8, 4) is 0 Å². The zero-order valence-electron chi connectivity index (χ0n) is 10.2. The average molecular weight is 219 g/mol. The maximum absolute atomic E-state index is 4.34. The molecule has 1 heterocycles. The smallest absolute Gasteiger partial charge is 0.0597 e. The van der Waals surface area contributed by atoms with Gasteiger partial charge in [0, 0.05) is 13.6 Å². The lowest BCUT2D eigenvalue weighted by atomic mass is 9.94. The van der Waals surface area contributed by atoms with Crippen LogP contribution in [0.1, 0.15) is 30.7 Å². The molecule has 0 aliphatic heterocycles. The minimum atomic E-state index is 0.819. The Morgan fingerprint density at radius 2 is 2.38 bits per heavy atom. The fourth-order valence-corrected chi connectivity index (χ4v) is 2.28. The van der Waals surface area contributed by atoms with Crippen molar-refractivity contribution >= 4 is 0 Å². The van der Waals surface area contributed by atoms with Gasteiger partial charge in [-0.15, -0.1) is 0 Å². The Labute approximate surface area is 97.5 Å². The van der Waals surface area contributed by atoms with Crippen molar-refractivity contribution in [2.75, 3.05) is 6.54 Å². The monoisotopic (exact) mass is 219 g/mol. The minimum Gasteiger partial charge on any atom is -0.311 e. The standard InChI is InChI=1S/C13H21N3/c1-11-8-13(16(2)15-11)10-14-9-12-6-4-3-5-7-12/h3-4,8,12,14H,5-7,9-10H2,1-2H3. The van der Waals surface area contributed by atoms with Gasteiger partial charge in [-0.05, 0) is 44.7 Å². The molecule has 0 bridgehead atoms. The van der Waals surface area contributed by atoms with Crippen molar-refractivity contribution in [2.45, 2.75) is 32.7 Å². The molecule has 1 aromatic rings. The zero-order chi connectivity index (χ0) is 11.4. The summed E-state index contributed by atoms with van der Waals surface area (Å²) in [6, 6.07) is 2.15. The Hall–Kier alpha value is -1.09. The van der Waals surface area contributed by atoms with Crippen molar-refractivity contribution in [1.29, 1.82) is 0 Å². The quantitative estimate of drug-likeness (QED) is 0.787. The number of rotatable bonds is 4. The van der Waals surface area contributed by atoms with E-state index in [9.17, 15) is 0 Å². The number of nitrogens with one attached hydrogen (secondary N) is 1. The first-order valence-electron chi connectivity index (χ1n) is 6.11. The number of nitrogens with zero attached hydrogens (tertiary/aromatic N) is 2. The van der Waals surface area contributed by atoms with E-state index >= 15 is 0 Å². The molecule has 0 spiro atoms. The van der Waals surface area contributed by atoms with E-state index in [0.29, 0.717) is 0 Å². The number of hydrogen-bond donors (Lipinski definition) is 1. The minimum absolute atomic E-state index is 0.819. The molecule has 2 rings (SSSR count). The molecule has 3 nitrogen and oxygen atoms in total. The molecule has 1 atom stereocenters. The molecule has 0 amide bonds. The number of aromatic nitrogens is 2. The van der Waals surface area contributed by atoms with Crippen LogP contribution in [0.15, 0.2) is 18.2 Å². The van der Waals surface area contributed by atoms with Crippen molar-refractivity contribution in [3.05, 3.63) is 29.6 Å². The Balaban J connectivity index is 1.75. The van der Waals surface area contributed by atoms with Gasteiger partial charge in [0.1, 0.15) is 0 Å². The molecule has 3 heteroatoms. The van der Waals surface area contributed by atoms with Gasteiger partial charge >= 0.3 is 0 Å². The van der Waals surface area contributed by atoms with Gasteiger partial charge in [-0.3, -0.25) is 4.68 Å². The van der Waals surface area contributed by atoms with Crippen molar-refractivity contribution in [1.82, 2.24) is 15.1 Å². The van der Waals surface area contributed by atoms with Gasteiger partial charge in [-0.1, -0.05) is 12.2 Å². The lowest BCUT2D eigenvalue weighted by molar-refractivity contribution is 0.436. The maximum atomic E-state index is 4.34. The molecular formula is C13H21N3. The van der Waals surface area contributed by atoms with Gasteiger partial charge in [-0.2, -0.15) is 5.10 Å². The van der Waals surface area contributed by atoms with Gasteiger partial charge in [-0.25, -0.2) is 0 Å². The molecule has 0 saturated heterocycles. The van der Waals surface area contributed by atoms with Crippen LogP contribution in [0.2, 0.25) is 0 Å². The van der Waals surface area contributed by atoms with Crippen LogP contribution in [0.5, 0.6) is 0 Å². The summed E-state index contributed by atoms with van der Waals surface area (Å²) < 4.78 is 1.96. The average Bonchev–Trinajstić information content (AvgIpc) is 2.59. The molecule has 0 aromatic carbocycles. The highest BCUT2D eigenvalue weighted by molar-refractivity contribution is 5.08. The van der Waals surface area contributed by atoms with Crippen LogP contribution in [-0.4, -0.2) is 16.3 Å². The van der Waals surface area contributed by atoms with Gasteiger partial charge < -0.3 is 5.32 Å². The lowest BCUT2D eigenvalue weighted by Crippen LogP contribution is -2.24. The van der Waals surface area contributed by atoms with E-state index < -0.39 is 0 Å². The topological polar surface area (TPSA) is 29.9 Å². The third-order valence-corrected chi connectivity index (χ3v) is 3.22. The SMILES string of the molecule is Cc1cc(CNCC2CC=CCC2)n(C)n1. The zero-order valence-corrected chi connectivity index (χ0v) is 10.2. The van der Waals surface area contributed by atoms with Gasteiger partial charge in [0.2, 0.25) is 0 Å². The Morgan fingerprint density at radius 1 is 1.50 bits per heavy atom. The molecule has 0 radical (unpaired) electrons. The highest BCUT2D eigenvalue weighted by Crippen LogP contribution is 2.17. The molecular weight excluding hydrogens is 198 g/mol. The maximum Gasteiger partial charge on any atom is 0.0597 e. The van der Waals surface area contributed by atoms with E-state index in [1.807, 2.05) is 18.7 Å². The summed E-state index contributed by atoms with van der Waals surface area (Å²) in [5, 5.41) is 7.87. The van der Waals surface area contributed by atoms with Crippen LogP contribution in [0, 0.1) is 12.8 Å². The van der Waals surface area contributed by atoms with Crippen LogP contribution < -0.4 is 5.32 Å². The fraction of sp³-hybridized carbons (Fsp3) is 0.615. The van der Waals surface area contributed by atoms with Crippen molar-refractivity contribution in [3.63, 3.8) is 0 Å². The predicted octanol–water partition coefficient (Wildman–Crippen LogP) is 2.17. The Morgan fingerprint density at radius 3 is 3.00 bits per heavy atom. The molecule has 1 unspecified atom stereocenters. The molecule has 0 saturated carbocycles. The lowest BCUT2D eigenvalue weighted by Gasteiger charge is -2.18. The van der Waals surface area contributed by atoms with Crippen LogP contribution in [-0.2, 0) is 13.6 Å². The highest BCUT2D eigenvalue weighted by atomic mass is 15.3. The van der Waals surface area contributed by atoms with E-state index in [1.54, 1.807) is 0 Å². The first kappa shape index (κ1) is 11.4. The summed E-state index contributed by atoms with van der Waals surface area (Å²) in [5.41, 5.74) is 2.36. The second kappa shape index (κ2) is 5.30. The van der Waals surface area contributed by atoms with Crippen LogP contribution in [0.4, 0.5) is 0 Å². The largest absolute Gasteiger partial charge is 0.311 e. The molecule has 1 aliphatic carbocycles.